The number of nitrogens with one attached hydrogen (secondary N) is 1. The molecule has 6 nitrogen and oxygen atoms in total. The fraction of sp³-hybridized carbons (Fsp3) is 0.0435. The first-order valence-electron chi connectivity index (χ1n) is 9.57. The Balaban J connectivity index is 1.33. The molecule has 2 aromatic carbocycles. The van der Waals surface area contributed by atoms with E-state index in [4.69, 9.17) is 16.7 Å². The van der Waals surface area contributed by atoms with E-state index in [1.54, 1.807) is 28.0 Å². The smallest absolute Gasteiger partial charge is 0.228 e. The third-order valence-corrected chi connectivity index (χ3v) is 5.86. The standard InChI is InChI=1S/C23H16ClN5OS/c24-17-7-3-15(4-8-17)14-22(30)25-18-9-5-16(6-10-18)19-11-12-21-26-27-23(29(21)28-19)20-2-1-13-31-20/h1-13H,14H2,(H,25,30). The van der Waals surface area contributed by atoms with E-state index in [1.807, 2.05) is 66.0 Å². The number of rotatable bonds is 5. The van der Waals surface area contributed by atoms with Crippen LogP contribution in [0.1, 0.15) is 5.56 Å². The monoisotopic (exact) mass is 445 g/mol. The highest BCUT2D eigenvalue weighted by atomic mass is 35.5. The molecule has 0 radical (unpaired) electrons. The fourth-order valence-corrected chi connectivity index (χ4v) is 4.04. The average molecular weight is 446 g/mol. The zero-order valence-electron chi connectivity index (χ0n) is 16.2. The first kappa shape index (κ1) is 19.4. The summed E-state index contributed by atoms with van der Waals surface area (Å²) in [5.74, 6) is 0.637. The summed E-state index contributed by atoms with van der Waals surface area (Å²) in [6.45, 7) is 0. The fourth-order valence-electron chi connectivity index (χ4n) is 3.22. The SMILES string of the molecule is O=C(Cc1ccc(Cl)cc1)Nc1ccc(-c2ccc3nnc(-c4cccs4)n3n2)cc1. The van der Waals surface area contributed by atoms with Gasteiger partial charge in [-0.3, -0.25) is 4.79 Å². The van der Waals surface area contributed by atoms with Gasteiger partial charge in [-0.1, -0.05) is 41.9 Å². The number of amides is 1. The van der Waals surface area contributed by atoms with Crippen molar-refractivity contribution in [3.05, 3.63) is 88.8 Å². The highest BCUT2D eigenvalue weighted by Gasteiger charge is 2.12. The quantitative estimate of drug-likeness (QED) is 0.395. The van der Waals surface area contributed by atoms with Crippen molar-refractivity contribution in [2.45, 2.75) is 6.42 Å². The first-order chi connectivity index (χ1) is 15.2. The van der Waals surface area contributed by atoms with E-state index < -0.39 is 0 Å². The van der Waals surface area contributed by atoms with Crippen LogP contribution in [0, 0.1) is 0 Å². The zero-order chi connectivity index (χ0) is 21.2. The van der Waals surface area contributed by atoms with Crippen LogP contribution in [0.4, 0.5) is 5.69 Å². The van der Waals surface area contributed by atoms with Crippen LogP contribution in [0.3, 0.4) is 0 Å². The Kier molecular flexibility index (Phi) is 5.19. The predicted octanol–water partition coefficient (Wildman–Crippen LogP) is 5.35. The zero-order valence-corrected chi connectivity index (χ0v) is 17.8. The second-order valence-electron chi connectivity index (χ2n) is 6.92. The van der Waals surface area contributed by atoms with Crippen LogP contribution in [0.2, 0.25) is 5.02 Å². The molecule has 3 heterocycles. The molecular formula is C23H16ClN5OS. The van der Waals surface area contributed by atoms with Gasteiger partial charge in [0.2, 0.25) is 5.91 Å². The molecule has 0 spiro atoms. The lowest BCUT2D eigenvalue weighted by Gasteiger charge is -2.07. The van der Waals surface area contributed by atoms with E-state index in [-0.39, 0.29) is 12.3 Å². The van der Waals surface area contributed by atoms with Crippen molar-refractivity contribution in [1.82, 2.24) is 19.8 Å². The van der Waals surface area contributed by atoms with Gasteiger partial charge in [0.25, 0.3) is 0 Å². The molecule has 0 saturated carbocycles. The normalized spacial score (nSPS) is 11.0. The lowest BCUT2D eigenvalue weighted by atomic mass is 10.1. The van der Waals surface area contributed by atoms with Gasteiger partial charge >= 0.3 is 0 Å². The van der Waals surface area contributed by atoms with Gasteiger partial charge < -0.3 is 5.32 Å². The molecule has 0 unspecified atom stereocenters. The molecule has 1 N–H and O–H groups in total. The summed E-state index contributed by atoms with van der Waals surface area (Å²) in [5.41, 5.74) is 4.06. The molecule has 31 heavy (non-hydrogen) atoms. The number of carbonyl (C=O) groups excluding carboxylic acids is 1. The average Bonchev–Trinajstić information content (AvgIpc) is 3.45. The largest absolute Gasteiger partial charge is 0.326 e. The van der Waals surface area contributed by atoms with Gasteiger partial charge in [-0.05, 0) is 53.4 Å². The molecule has 0 fully saturated rings. The van der Waals surface area contributed by atoms with Crippen LogP contribution in [-0.2, 0) is 11.2 Å². The molecular weight excluding hydrogens is 430 g/mol. The van der Waals surface area contributed by atoms with Crippen molar-refractivity contribution in [3.8, 4) is 22.0 Å². The lowest BCUT2D eigenvalue weighted by molar-refractivity contribution is -0.115. The van der Waals surface area contributed by atoms with Crippen LogP contribution in [0.15, 0.2) is 78.2 Å². The van der Waals surface area contributed by atoms with Crippen molar-refractivity contribution < 1.29 is 4.79 Å². The minimum absolute atomic E-state index is 0.0836. The highest BCUT2D eigenvalue weighted by molar-refractivity contribution is 7.13. The number of hydrogen-bond acceptors (Lipinski definition) is 5. The van der Waals surface area contributed by atoms with E-state index in [0.717, 1.165) is 33.2 Å². The van der Waals surface area contributed by atoms with Gasteiger partial charge in [-0.2, -0.15) is 9.61 Å². The second-order valence-corrected chi connectivity index (χ2v) is 8.30. The molecule has 0 saturated heterocycles. The third kappa shape index (κ3) is 4.19. The minimum Gasteiger partial charge on any atom is -0.326 e. The number of hydrogen-bond donors (Lipinski definition) is 1. The molecule has 152 valence electrons. The summed E-state index contributed by atoms with van der Waals surface area (Å²) in [6.07, 6.45) is 0.288. The second kappa shape index (κ2) is 8.29. The van der Waals surface area contributed by atoms with E-state index in [0.29, 0.717) is 10.7 Å². The number of thiophene rings is 1. The van der Waals surface area contributed by atoms with Crippen molar-refractivity contribution >= 4 is 40.2 Å². The maximum atomic E-state index is 12.3. The third-order valence-electron chi connectivity index (χ3n) is 4.75. The predicted molar refractivity (Wildman–Crippen MR) is 123 cm³/mol. The van der Waals surface area contributed by atoms with Crippen LogP contribution < -0.4 is 5.32 Å². The number of anilines is 1. The van der Waals surface area contributed by atoms with Gasteiger partial charge in [-0.25, -0.2) is 0 Å². The van der Waals surface area contributed by atoms with Gasteiger partial charge in [0.15, 0.2) is 11.5 Å². The molecule has 1 amide bonds. The van der Waals surface area contributed by atoms with Crippen molar-refractivity contribution in [1.29, 1.82) is 0 Å². The van der Waals surface area contributed by atoms with Crippen LogP contribution in [-0.4, -0.2) is 25.7 Å². The molecule has 5 aromatic rings. The highest BCUT2D eigenvalue weighted by Crippen LogP contribution is 2.25. The molecule has 8 heteroatoms. The van der Waals surface area contributed by atoms with Gasteiger partial charge in [0.1, 0.15) is 0 Å². The van der Waals surface area contributed by atoms with Crippen molar-refractivity contribution in [2.24, 2.45) is 0 Å². The maximum Gasteiger partial charge on any atom is 0.228 e. The van der Waals surface area contributed by atoms with E-state index in [2.05, 4.69) is 15.5 Å². The van der Waals surface area contributed by atoms with E-state index >= 15 is 0 Å². The Labute approximate surface area is 187 Å². The topological polar surface area (TPSA) is 72.2 Å². The summed E-state index contributed by atoms with van der Waals surface area (Å²) < 4.78 is 1.75. The molecule has 0 aliphatic carbocycles. The van der Waals surface area contributed by atoms with Crippen LogP contribution >= 0.6 is 22.9 Å². The van der Waals surface area contributed by atoms with Gasteiger partial charge in [-0.15, -0.1) is 21.5 Å². The van der Waals surface area contributed by atoms with Crippen LogP contribution in [0.25, 0.3) is 27.6 Å². The summed E-state index contributed by atoms with van der Waals surface area (Å²) in [4.78, 5) is 13.3. The van der Waals surface area contributed by atoms with Crippen molar-refractivity contribution in [3.63, 3.8) is 0 Å². The summed E-state index contributed by atoms with van der Waals surface area (Å²) in [7, 11) is 0. The minimum atomic E-state index is -0.0836. The molecule has 5 rings (SSSR count). The van der Waals surface area contributed by atoms with Gasteiger partial charge in [0.05, 0.1) is 17.0 Å². The molecule has 0 aliphatic rings. The molecule has 0 atom stereocenters. The number of benzene rings is 2. The molecule has 0 aliphatic heterocycles. The van der Waals surface area contributed by atoms with E-state index in [1.165, 1.54) is 0 Å². The molecule has 0 bridgehead atoms. The van der Waals surface area contributed by atoms with Crippen LogP contribution in [0.5, 0.6) is 0 Å². The number of carbonyl (C=O) groups is 1. The number of nitrogens with zero attached hydrogens (tertiary/aromatic N) is 4. The lowest BCUT2D eigenvalue weighted by Crippen LogP contribution is -2.14. The Hall–Kier alpha value is -3.55. The maximum absolute atomic E-state index is 12.3. The van der Waals surface area contributed by atoms with Crippen molar-refractivity contribution in [2.75, 3.05) is 5.32 Å². The summed E-state index contributed by atoms with van der Waals surface area (Å²) in [6, 6.07) is 22.6. The Morgan fingerprint density at radius 1 is 0.968 bits per heavy atom. The summed E-state index contributed by atoms with van der Waals surface area (Å²) in [5, 5.41) is 18.8. The van der Waals surface area contributed by atoms with E-state index in [9.17, 15) is 4.79 Å². The first-order valence-corrected chi connectivity index (χ1v) is 10.8. The Morgan fingerprint density at radius 2 is 1.77 bits per heavy atom. The Bertz CT molecular complexity index is 1350. The summed E-state index contributed by atoms with van der Waals surface area (Å²) >= 11 is 7.49. The molecule has 3 aromatic heterocycles. The van der Waals surface area contributed by atoms with Gasteiger partial charge in [0, 0.05) is 16.3 Å². The number of halogens is 1. The number of fused-ring (bicyclic) bond motifs is 1. The Morgan fingerprint density at radius 3 is 2.52 bits per heavy atom. The number of aromatic nitrogens is 4.